The molecular weight excluding hydrogens is 427 g/mol. The molecule has 0 amide bonds. The lowest BCUT2D eigenvalue weighted by Crippen LogP contribution is -2.12. The van der Waals surface area contributed by atoms with Gasteiger partial charge >= 0.3 is 12.1 Å². The summed E-state index contributed by atoms with van der Waals surface area (Å²) in [5, 5.41) is 16.8. The smallest absolute Gasteiger partial charge is 0.416 e. The Labute approximate surface area is 168 Å². The number of aromatic carboxylic acids is 1. The molecule has 0 aliphatic rings. The summed E-state index contributed by atoms with van der Waals surface area (Å²) in [5.74, 6) is -1.90. The number of aromatic nitrogens is 5. The Morgan fingerprint density at radius 1 is 1.17 bits per heavy atom. The van der Waals surface area contributed by atoms with Crippen LogP contribution in [0.4, 0.5) is 13.2 Å². The molecule has 3 aromatic rings. The predicted octanol–water partition coefficient (Wildman–Crippen LogP) is 2.45. The molecule has 0 aromatic carbocycles. The maximum absolute atomic E-state index is 13.0. The first-order valence-electron chi connectivity index (χ1n) is 8.36. The molecule has 3 heterocycles. The molecule has 0 spiro atoms. The van der Waals surface area contributed by atoms with E-state index in [1.165, 1.54) is 18.5 Å². The van der Waals surface area contributed by atoms with Gasteiger partial charge in [-0.05, 0) is 24.3 Å². The Balaban J connectivity index is 2.22. The number of hydrogen-bond acceptors (Lipinski definition) is 7. The first-order valence-corrected chi connectivity index (χ1v) is 10.0. The minimum atomic E-state index is -4.60. The van der Waals surface area contributed by atoms with Crippen LogP contribution in [-0.2, 0) is 23.1 Å². The summed E-state index contributed by atoms with van der Waals surface area (Å²) < 4.78 is 65.1. The van der Waals surface area contributed by atoms with Gasteiger partial charge in [0.15, 0.2) is 21.5 Å². The molecule has 0 aliphatic carbocycles. The fraction of sp³-hybridized carbons (Fsp3) is 0.235. The second-order valence-electron chi connectivity index (χ2n) is 6.09. The lowest BCUT2D eigenvalue weighted by Gasteiger charge is -2.10. The fourth-order valence-electron chi connectivity index (χ4n) is 2.62. The zero-order valence-corrected chi connectivity index (χ0v) is 16.4. The highest BCUT2D eigenvalue weighted by Gasteiger charge is 2.31. The minimum absolute atomic E-state index is 0.0847. The zero-order chi connectivity index (χ0) is 22.3. The highest BCUT2D eigenvalue weighted by atomic mass is 32.2. The van der Waals surface area contributed by atoms with Crippen molar-refractivity contribution in [2.24, 2.45) is 7.05 Å². The molecule has 13 heteroatoms. The van der Waals surface area contributed by atoms with Crippen molar-refractivity contribution in [2.75, 3.05) is 5.75 Å². The van der Waals surface area contributed by atoms with Crippen molar-refractivity contribution in [1.82, 2.24) is 24.7 Å². The van der Waals surface area contributed by atoms with Gasteiger partial charge in [-0.2, -0.15) is 13.2 Å². The van der Waals surface area contributed by atoms with E-state index in [0.29, 0.717) is 0 Å². The lowest BCUT2D eigenvalue weighted by atomic mass is 10.2. The number of pyridine rings is 2. The number of carbonyl (C=O) groups is 1. The Bertz CT molecular complexity index is 1240. The quantitative estimate of drug-likeness (QED) is 0.640. The van der Waals surface area contributed by atoms with Gasteiger partial charge in [0.05, 0.1) is 16.2 Å². The van der Waals surface area contributed by atoms with E-state index in [0.717, 1.165) is 30.5 Å². The van der Waals surface area contributed by atoms with Crippen molar-refractivity contribution < 1.29 is 31.5 Å². The summed E-state index contributed by atoms with van der Waals surface area (Å²) in [4.78, 5) is 18.8. The fourth-order valence-corrected chi connectivity index (χ4v) is 3.64. The van der Waals surface area contributed by atoms with E-state index in [-0.39, 0.29) is 33.7 Å². The van der Waals surface area contributed by atoms with E-state index < -0.39 is 33.2 Å². The van der Waals surface area contributed by atoms with E-state index in [9.17, 15) is 31.5 Å². The predicted molar refractivity (Wildman–Crippen MR) is 97.2 cm³/mol. The average Bonchev–Trinajstić information content (AvgIpc) is 3.08. The molecule has 3 rings (SSSR count). The summed E-state index contributed by atoms with van der Waals surface area (Å²) in [6.07, 6.45) is -3.64. The van der Waals surface area contributed by atoms with Crippen LogP contribution in [0.2, 0.25) is 0 Å². The number of halogens is 3. The molecule has 0 saturated heterocycles. The molecule has 158 valence electrons. The van der Waals surface area contributed by atoms with Crippen LogP contribution in [-0.4, -0.2) is 50.0 Å². The first-order chi connectivity index (χ1) is 14.0. The Morgan fingerprint density at radius 3 is 2.43 bits per heavy atom. The van der Waals surface area contributed by atoms with Gasteiger partial charge in [0.25, 0.3) is 0 Å². The van der Waals surface area contributed by atoms with E-state index in [1.54, 1.807) is 0 Å². The molecule has 0 unspecified atom stereocenters. The molecule has 0 aliphatic heterocycles. The van der Waals surface area contributed by atoms with Gasteiger partial charge in [-0.3, -0.25) is 4.98 Å². The first kappa shape index (κ1) is 21.4. The standard InChI is InChI=1S/C17H14F3N5O4S/c1-3-30(28,29)12-5-4-10(16(26)27)22-13(12)15-24-23-14(25(15)2)11-8-9(6-7-21-11)17(18,19)20/h4-8H,3H2,1-2H3,(H,26,27). The molecule has 0 saturated carbocycles. The number of rotatable bonds is 5. The summed E-state index contributed by atoms with van der Waals surface area (Å²) >= 11 is 0. The zero-order valence-electron chi connectivity index (χ0n) is 15.5. The number of nitrogens with zero attached hydrogens (tertiary/aromatic N) is 5. The normalized spacial score (nSPS) is 12.2. The second-order valence-corrected chi connectivity index (χ2v) is 8.33. The lowest BCUT2D eigenvalue weighted by molar-refractivity contribution is -0.137. The molecule has 1 N–H and O–H groups in total. The number of carboxylic acid groups (broad SMARTS) is 1. The molecule has 0 radical (unpaired) electrons. The Hall–Kier alpha value is -3.35. The van der Waals surface area contributed by atoms with E-state index >= 15 is 0 Å². The van der Waals surface area contributed by atoms with Gasteiger partial charge in [-0.25, -0.2) is 18.2 Å². The number of sulfone groups is 1. The highest BCUT2D eigenvalue weighted by Crippen LogP contribution is 2.32. The van der Waals surface area contributed by atoms with Gasteiger partial charge < -0.3 is 9.67 Å². The van der Waals surface area contributed by atoms with E-state index in [4.69, 9.17) is 0 Å². The molecular formula is C17H14F3N5O4S. The molecule has 0 bridgehead atoms. The Kier molecular flexibility index (Phi) is 5.33. The second kappa shape index (κ2) is 7.48. The third-order valence-corrected chi connectivity index (χ3v) is 5.96. The maximum Gasteiger partial charge on any atom is 0.416 e. The van der Waals surface area contributed by atoms with Crippen LogP contribution < -0.4 is 0 Å². The van der Waals surface area contributed by atoms with Crippen LogP contribution in [0.3, 0.4) is 0 Å². The highest BCUT2D eigenvalue weighted by molar-refractivity contribution is 7.91. The van der Waals surface area contributed by atoms with E-state index in [2.05, 4.69) is 20.2 Å². The van der Waals surface area contributed by atoms with Crippen molar-refractivity contribution >= 4 is 15.8 Å². The molecule has 30 heavy (non-hydrogen) atoms. The van der Waals surface area contributed by atoms with Crippen LogP contribution in [0.15, 0.2) is 35.4 Å². The van der Waals surface area contributed by atoms with Crippen LogP contribution >= 0.6 is 0 Å². The van der Waals surface area contributed by atoms with Crippen LogP contribution in [0.25, 0.3) is 23.0 Å². The molecule has 0 atom stereocenters. The summed E-state index contributed by atoms with van der Waals surface area (Å²) in [6.45, 7) is 1.40. The maximum atomic E-state index is 13.0. The minimum Gasteiger partial charge on any atom is -0.477 e. The van der Waals surface area contributed by atoms with Crippen molar-refractivity contribution in [2.45, 2.75) is 18.0 Å². The molecule has 9 nitrogen and oxygen atoms in total. The number of hydrogen-bond donors (Lipinski definition) is 1. The monoisotopic (exact) mass is 441 g/mol. The van der Waals surface area contributed by atoms with Crippen LogP contribution in [0.1, 0.15) is 23.0 Å². The number of alkyl halides is 3. The SMILES string of the molecule is CCS(=O)(=O)c1ccc(C(=O)O)nc1-c1nnc(-c2cc(C(F)(F)F)ccn2)n1C. The summed E-state index contributed by atoms with van der Waals surface area (Å²) in [6, 6.07) is 3.71. The largest absolute Gasteiger partial charge is 0.477 e. The van der Waals surface area contributed by atoms with Crippen molar-refractivity contribution in [3.8, 4) is 23.0 Å². The van der Waals surface area contributed by atoms with Crippen molar-refractivity contribution in [3.63, 3.8) is 0 Å². The van der Waals surface area contributed by atoms with Gasteiger partial charge in [0, 0.05) is 13.2 Å². The van der Waals surface area contributed by atoms with Crippen LogP contribution in [0, 0.1) is 0 Å². The molecule has 0 fully saturated rings. The van der Waals surface area contributed by atoms with E-state index in [1.807, 2.05) is 0 Å². The third-order valence-electron chi connectivity index (χ3n) is 4.20. The van der Waals surface area contributed by atoms with Gasteiger partial charge in [0.2, 0.25) is 0 Å². The number of carboxylic acids is 1. The van der Waals surface area contributed by atoms with Gasteiger partial charge in [0.1, 0.15) is 17.1 Å². The van der Waals surface area contributed by atoms with Crippen LogP contribution in [0.5, 0.6) is 0 Å². The average molecular weight is 441 g/mol. The topological polar surface area (TPSA) is 128 Å². The summed E-state index contributed by atoms with van der Waals surface area (Å²) in [7, 11) is -2.44. The van der Waals surface area contributed by atoms with Crippen molar-refractivity contribution in [3.05, 3.63) is 41.7 Å². The van der Waals surface area contributed by atoms with Crippen molar-refractivity contribution in [1.29, 1.82) is 0 Å². The van der Waals surface area contributed by atoms with Gasteiger partial charge in [-0.15, -0.1) is 10.2 Å². The van der Waals surface area contributed by atoms with Gasteiger partial charge in [-0.1, -0.05) is 6.92 Å². The summed E-state index contributed by atoms with van der Waals surface area (Å²) in [5.41, 5.74) is -1.80. The Morgan fingerprint density at radius 2 is 1.83 bits per heavy atom. The third kappa shape index (κ3) is 3.87. The molecule has 3 aromatic heterocycles.